The van der Waals surface area contributed by atoms with Crippen LogP contribution in [0.3, 0.4) is 0 Å². The molecular weight excluding hydrogens is 836 g/mol. The molecule has 0 bridgehead atoms. The molecule has 7 unspecified atom stereocenters. The van der Waals surface area contributed by atoms with Gasteiger partial charge in [-0.25, -0.2) is 9.78 Å². The fraction of sp³-hybridized carbons (Fsp3) is 0.459. The van der Waals surface area contributed by atoms with Gasteiger partial charge in [0.05, 0.1) is 25.2 Å². The molecule has 344 valence electrons. The third kappa shape index (κ3) is 19.5. The number of benzene rings is 1. The molecule has 1 heterocycles. The van der Waals surface area contributed by atoms with E-state index in [-0.39, 0.29) is 38.2 Å². The summed E-state index contributed by atoms with van der Waals surface area (Å²) in [6, 6.07) is -2.86. The van der Waals surface area contributed by atoms with Crippen molar-refractivity contribution in [2.45, 2.75) is 101 Å². The lowest BCUT2D eigenvalue weighted by Gasteiger charge is -2.27. The van der Waals surface area contributed by atoms with Gasteiger partial charge in [-0.15, -0.1) is 0 Å². The Labute approximate surface area is 358 Å². The maximum atomic E-state index is 14.1. The van der Waals surface area contributed by atoms with Crippen molar-refractivity contribution in [1.82, 2.24) is 41.9 Å². The van der Waals surface area contributed by atoms with Gasteiger partial charge in [-0.05, 0) is 31.7 Å². The van der Waals surface area contributed by atoms with Crippen molar-refractivity contribution in [3.05, 3.63) is 54.1 Å². The molecule has 2 rings (SSSR count). The fourth-order valence-corrected chi connectivity index (χ4v) is 5.62. The van der Waals surface area contributed by atoms with Crippen molar-refractivity contribution >= 4 is 65.3 Å². The Kier molecular flexibility index (Phi) is 21.1. The van der Waals surface area contributed by atoms with E-state index in [1.165, 1.54) is 19.4 Å². The number of imidazole rings is 1. The Morgan fingerprint density at radius 1 is 0.651 bits per heavy atom. The third-order valence-corrected chi connectivity index (χ3v) is 8.86. The lowest BCUT2D eigenvalue weighted by molar-refractivity contribution is -0.147. The number of nitrogens with zero attached hydrogens (tertiary/aromatic N) is 2. The zero-order valence-corrected chi connectivity index (χ0v) is 33.9. The monoisotopic (exact) mass is 888 g/mol. The van der Waals surface area contributed by atoms with Crippen LogP contribution in [-0.2, 0) is 60.8 Å². The topological polar surface area (TPSA) is 443 Å². The number of aliphatic imine (C=N–C) groups is 1. The molecule has 6 amide bonds. The predicted molar refractivity (Wildman–Crippen MR) is 217 cm³/mol. The van der Waals surface area contributed by atoms with Crippen LogP contribution in [-0.4, -0.2) is 145 Å². The minimum Gasteiger partial charge on any atom is -0.481 e. The molecule has 0 radical (unpaired) electrons. The number of amides is 6. The largest absolute Gasteiger partial charge is 0.481 e. The standard InChI is InChI=1S/C37H52N12O14/c1-18(44-31(57)21(38)14-28(52)53)30(56)45-23(9-10-27(50)51)33(59)47-24(12-19-6-3-2-4-7-19)34(60)46-22(8-5-11-42-37(39)40)32(58)48-25(13-20-16-41-17-43-20)35(61)49-26(36(62)63)15-29(54)55/h2-4,6-7,16-18,21-26H,5,8-15,38H2,1H3,(H,41,43)(H,44,57)(H,45,56)(H,46,60)(H,47,59)(H,48,58)(H,49,61)(H,50,51)(H,52,53)(H,54,55)(H,62,63)(H4,39,40,42). The zero-order chi connectivity index (χ0) is 47.2. The number of carbonyl (C=O) groups is 10. The Morgan fingerprint density at radius 2 is 1.17 bits per heavy atom. The van der Waals surface area contributed by atoms with Crippen LogP contribution in [0.5, 0.6) is 0 Å². The van der Waals surface area contributed by atoms with Crippen molar-refractivity contribution in [3.8, 4) is 0 Å². The van der Waals surface area contributed by atoms with Crippen LogP contribution in [0.25, 0.3) is 0 Å². The SMILES string of the molecule is CC(NC(=O)C(N)CC(=O)O)C(=O)NC(CCC(=O)O)C(=O)NC(Cc1ccccc1)C(=O)NC(CCCN=C(N)N)C(=O)NC(Cc1cnc[nH]1)C(=O)NC(CC(=O)O)C(=O)O. The van der Waals surface area contributed by atoms with E-state index in [0.29, 0.717) is 11.3 Å². The van der Waals surface area contributed by atoms with E-state index >= 15 is 0 Å². The van der Waals surface area contributed by atoms with E-state index < -0.39 is 127 Å². The van der Waals surface area contributed by atoms with Crippen molar-refractivity contribution in [2.75, 3.05) is 6.54 Å². The molecule has 26 nitrogen and oxygen atoms in total. The van der Waals surface area contributed by atoms with Crippen molar-refractivity contribution in [2.24, 2.45) is 22.2 Å². The highest BCUT2D eigenvalue weighted by Crippen LogP contribution is 2.10. The van der Waals surface area contributed by atoms with Crippen LogP contribution in [0.2, 0.25) is 0 Å². The van der Waals surface area contributed by atoms with E-state index in [4.69, 9.17) is 27.4 Å². The number of hydrogen-bond acceptors (Lipinski definition) is 13. The van der Waals surface area contributed by atoms with Crippen LogP contribution in [0.4, 0.5) is 0 Å². The number of H-pyrrole nitrogens is 1. The number of aromatic amines is 1. The Hall–Kier alpha value is -7.64. The third-order valence-electron chi connectivity index (χ3n) is 8.86. The first-order valence-corrected chi connectivity index (χ1v) is 19.2. The molecule has 1 aromatic heterocycles. The van der Waals surface area contributed by atoms with Gasteiger partial charge in [-0.1, -0.05) is 30.3 Å². The Morgan fingerprint density at radius 3 is 1.70 bits per heavy atom. The highest BCUT2D eigenvalue weighted by molar-refractivity contribution is 5.97. The average Bonchev–Trinajstić information content (AvgIpc) is 3.72. The molecule has 0 fully saturated rings. The number of carbonyl (C=O) groups excluding carboxylic acids is 6. The fourth-order valence-electron chi connectivity index (χ4n) is 5.62. The van der Waals surface area contributed by atoms with E-state index in [1.807, 2.05) is 0 Å². The molecule has 2 aromatic rings. The van der Waals surface area contributed by atoms with E-state index in [0.717, 1.165) is 0 Å². The minimum absolute atomic E-state index is 0.0327. The van der Waals surface area contributed by atoms with Crippen LogP contribution in [0.15, 0.2) is 47.8 Å². The molecule has 0 aliphatic rings. The average molecular weight is 889 g/mol. The van der Waals surface area contributed by atoms with Crippen molar-refractivity contribution in [1.29, 1.82) is 0 Å². The van der Waals surface area contributed by atoms with Gasteiger partial charge in [-0.2, -0.15) is 0 Å². The molecule has 0 spiro atoms. The lowest BCUT2D eigenvalue weighted by atomic mass is 10.0. The van der Waals surface area contributed by atoms with Gasteiger partial charge in [0.15, 0.2) is 5.96 Å². The van der Waals surface area contributed by atoms with Gasteiger partial charge in [0.25, 0.3) is 0 Å². The molecule has 0 saturated carbocycles. The summed E-state index contributed by atoms with van der Waals surface area (Å²) in [7, 11) is 0. The lowest BCUT2D eigenvalue weighted by Crippen LogP contribution is -2.60. The van der Waals surface area contributed by atoms with E-state index in [1.54, 1.807) is 30.3 Å². The number of rotatable bonds is 28. The molecule has 17 N–H and O–H groups in total. The van der Waals surface area contributed by atoms with E-state index in [2.05, 4.69) is 46.9 Å². The molecule has 63 heavy (non-hydrogen) atoms. The maximum absolute atomic E-state index is 14.1. The highest BCUT2D eigenvalue weighted by Gasteiger charge is 2.34. The summed E-state index contributed by atoms with van der Waals surface area (Å²) in [6.45, 7) is 1.16. The molecule has 7 atom stereocenters. The van der Waals surface area contributed by atoms with Gasteiger partial charge in [0.2, 0.25) is 35.4 Å². The van der Waals surface area contributed by atoms with Gasteiger partial charge in [-0.3, -0.25) is 48.1 Å². The summed E-state index contributed by atoms with van der Waals surface area (Å²) in [5.41, 5.74) is 17.2. The molecule has 26 heteroatoms. The first-order valence-electron chi connectivity index (χ1n) is 19.2. The number of guanidine groups is 1. The Bertz CT molecular complexity index is 1960. The van der Waals surface area contributed by atoms with E-state index in [9.17, 15) is 58.2 Å². The summed E-state index contributed by atoms with van der Waals surface area (Å²) in [5, 5.41) is 51.1. The number of nitrogens with two attached hydrogens (primary N) is 3. The normalized spacial score (nSPS) is 14.1. The second kappa shape index (κ2) is 25.9. The van der Waals surface area contributed by atoms with Gasteiger partial charge in [0, 0.05) is 37.7 Å². The summed E-state index contributed by atoms with van der Waals surface area (Å²) in [6.07, 6.45) is -0.983. The molecular formula is C37H52N12O14. The summed E-state index contributed by atoms with van der Waals surface area (Å²) in [5.74, 6) is -12.3. The van der Waals surface area contributed by atoms with Gasteiger partial charge >= 0.3 is 23.9 Å². The van der Waals surface area contributed by atoms with Crippen LogP contribution in [0, 0.1) is 0 Å². The number of aromatic nitrogens is 2. The van der Waals surface area contributed by atoms with Crippen LogP contribution in [0.1, 0.15) is 56.7 Å². The maximum Gasteiger partial charge on any atom is 0.326 e. The number of aliphatic carboxylic acids is 4. The molecule has 1 aromatic carbocycles. The number of carboxylic acid groups (broad SMARTS) is 4. The van der Waals surface area contributed by atoms with Gasteiger partial charge in [0.1, 0.15) is 36.3 Å². The van der Waals surface area contributed by atoms with Crippen LogP contribution >= 0.6 is 0 Å². The minimum atomic E-state index is -1.89. The number of nitrogens with one attached hydrogen (secondary N) is 7. The quantitative estimate of drug-likeness (QED) is 0.0217. The van der Waals surface area contributed by atoms with Crippen molar-refractivity contribution in [3.63, 3.8) is 0 Å². The predicted octanol–water partition coefficient (Wildman–Crippen LogP) is -4.60. The second-order valence-corrected chi connectivity index (χ2v) is 14.0. The highest BCUT2D eigenvalue weighted by atomic mass is 16.4. The number of hydrogen-bond donors (Lipinski definition) is 14. The van der Waals surface area contributed by atoms with Crippen molar-refractivity contribution < 1.29 is 68.4 Å². The summed E-state index contributed by atoms with van der Waals surface area (Å²) >= 11 is 0. The zero-order valence-electron chi connectivity index (χ0n) is 33.9. The molecule has 0 saturated heterocycles. The van der Waals surface area contributed by atoms with Gasteiger partial charge < -0.3 is 74.5 Å². The van der Waals surface area contributed by atoms with Crippen LogP contribution < -0.4 is 49.1 Å². The summed E-state index contributed by atoms with van der Waals surface area (Å²) in [4.78, 5) is 137. The first kappa shape index (κ1) is 51.5. The Balaban J connectivity index is 2.46. The molecule has 0 aliphatic heterocycles. The molecule has 0 aliphatic carbocycles. The number of carboxylic acids is 4. The second-order valence-electron chi connectivity index (χ2n) is 14.0. The smallest absolute Gasteiger partial charge is 0.326 e. The summed E-state index contributed by atoms with van der Waals surface area (Å²) < 4.78 is 0. The first-order chi connectivity index (χ1) is 29.7.